The van der Waals surface area contributed by atoms with E-state index in [0.29, 0.717) is 24.3 Å². The molecule has 6 heteroatoms. The lowest BCUT2D eigenvalue weighted by Gasteiger charge is -2.10. The summed E-state index contributed by atoms with van der Waals surface area (Å²) in [6.45, 7) is 3.01. The summed E-state index contributed by atoms with van der Waals surface area (Å²) in [6, 6.07) is 21.6. The van der Waals surface area contributed by atoms with Crippen molar-refractivity contribution < 1.29 is 19.1 Å². The zero-order valence-electron chi connectivity index (χ0n) is 26.9. The number of carbonyl (C=O) groups is 2. The molecule has 3 aromatic rings. The Morgan fingerprint density at radius 1 is 0.568 bits per heavy atom. The predicted octanol–water partition coefficient (Wildman–Crippen LogP) is 7.81. The average Bonchev–Trinajstić information content (AvgIpc) is 3.32. The molecule has 0 saturated carbocycles. The van der Waals surface area contributed by atoms with E-state index in [4.69, 9.17) is 9.47 Å². The molecule has 0 saturated heterocycles. The van der Waals surface area contributed by atoms with Crippen LogP contribution in [0.4, 0.5) is 0 Å². The minimum atomic E-state index is -0.304. The van der Waals surface area contributed by atoms with Crippen LogP contribution in [-0.2, 0) is 9.47 Å². The molecule has 0 aromatic heterocycles. The number of rotatable bonds is 17. The third-order valence-corrected chi connectivity index (χ3v) is 7.96. The molecule has 0 amide bonds. The van der Waals surface area contributed by atoms with E-state index in [0.717, 1.165) is 97.8 Å². The zero-order valence-corrected chi connectivity index (χ0v) is 26.9. The van der Waals surface area contributed by atoms with Crippen LogP contribution in [0.1, 0.15) is 88.8 Å². The molecular weight excluding hydrogens is 548 g/mol. The highest BCUT2D eigenvalue weighted by molar-refractivity contribution is 6.09. The third kappa shape index (κ3) is 9.63. The van der Waals surface area contributed by atoms with Gasteiger partial charge in [-0.2, -0.15) is 0 Å². The van der Waals surface area contributed by atoms with Crippen molar-refractivity contribution in [1.82, 2.24) is 9.80 Å². The van der Waals surface area contributed by atoms with Gasteiger partial charge in [-0.3, -0.25) is 0 Å². The van der Waals surface area contributed by atoms with E-state index < -0.39 is 0 Å². The van der Waals surface area contributed by atoms with Crippen LogP contribution in [0.2, 0.25) is 0 Å². The first-order valence-corrected chi connectivity index (χ1v) is 16.0. The van der Waals surface area contributed by atoms with Gasteiger partial charge in [-0.15, -0.1) is 0 Å². The molecule has 6 nitrogen and oxygen atoms in total. The molecule has 0 aliphatic heterocycles. The number of hydrogen-bond acceptors (Lipinski definition) is 6. The molecular formula is C38H48N2O4. The largest absolute Gasteiger partial charge is 0.462 e. The van der Waals surface area contributed by atoms with Crippen molar-refractivity contribution in [1.29, 1.82) is 0 Å². The van der Waals surface area contributed by atoms with Gasteiger partial charge >= 0.3 is 11.9 Å². The van der Waals surface area contributed by atoms with Crippen molar-refractivity contribution in [3.8, 4) is 11.1 Å². The summed E-state index contributed by atoms with van der Waals surface area (Å²) in [5.74, 6) is -0.607. The number of ether oxygens (including phenoxy) is 2. The van der Waals surface area contributed by atoms with Crippen LogP contribution in [0, 0.1) is 0 Å². The number of benzene rings is 3. The number of nitrogens with zero attached hydrogens (tertiary/aromatic N) is 2. The minimum Gasteiger partial charge on any atom is -0.462 e. The molecule has 0 bridgehead atoms. The summed E-state index contributed by atoms with van der Waals surface area (Å²) in [5.41, 5.74) is 7.10. The van der Waals surface area contributed by atoms with Gasteiger partial charge in [0.25, 0.3) is 0 Å². The topological polar surface area (TPSA) is 59.1 Å². The molecule has 0 heterocycles. The Balaban J connectivity index is 1.45. The maximum atomic E-state index is 13.0. The summed E-state index contributed by atoms with van der Waals surface area (Å²) in [7, 11) is 8.34. The van der Waals surface area contributed by atoms with Gasteiger partial charge in [0.2, 0.25) is 0 Å². The average molecular weight is 597 g/mol. The van der Waals surface area contributed by atoms with Crippen molar-refractivity contribution in [3.63, 3.8) is 0 Å². The van der Waals surface area contributed by atoms with E-state index in [1.54, 1.807) is 0 Å². The normalized spacial score (nSPS) is 11.9. The fourth-order valence-corrected chi connectivity index (χ4v) is 5.54. The predicted molar refractivity (Wildman–Crippen MR) is 180 cm³/mol. The molecule has 0 N–H and O–H groups in total. The van der Waals surface area contributed by atoms with Crippen LogP contribution in [0.15, 0.2) is 66.7 Å². The van der Waals surface area contributed by atoms with Crippen LogP contribution in [0.25, 0.3) is 22.8 Å². The summed E-state index contributed by atoms with van der Waals surface area (Å²) in [6.07, 6.45) is 10.5. The SMILES string of the molecule is CN(C)CCCCCCOC(=O)c1ccc2c(c1)C(=Cc1ccccc1)c1cc(C(=O)OCCCCCCN(C)C)ccc1-2. The van der Waals surface area contributed by atoms with Gasteiger partial charge in [0.15, 0.2) is 0 Å². The maximum absolute atomic E-state index is 13.0. The Morgan fingerprint density at radius 3 is 1.48 bits per heavy atom. The fourth-order valence-electron chi connectivity index (χ4n) is 5.54. The zero-order chi connectivity index (χ0) is 31.3. The molecule has 3 aromatic carbocycles. The second-order valence-corrected chi connectivity index (χ2v) is 12.2. The molecule has 234 valence electrons. The number of esters is 2. The molecule has 1 aliphatic rings. The Kier molecular flexibility index (Phi) is 12.8. The summed E-state index contributed by atoms with van der Waals surface area (Å²) < 4.78 is 11.3. The smallest absolute Gasteiger partial charge is 0.338 e. The van der Waals surface area contributed by atoms with Crippen LogP contribution < -0.4 is 0 Å². The van der Waals surface area contributed by atoms with E-state index in [9.17, 15) is 9.59 Å². The second-order valence-electron chi connectivity index (χ2n) is 12.2. The highest BCUT2D eigenvalue weighted by Gasteiger charge is 2.26. The summed E-state index contributed by atoms with van der Waals surface area (Å²) in [5, 5.41) is 0. The summed E-state index contributed by atoms with van der Waals surface area (Å²) >= 11 is 0. The number of carbonyl (C=O) groups excluding carboxylic acids is 2. The van der Waals surface area contributed by atoms with Crippen molar-refractivity contribution in [2.45, 2.75) is 51.4 Å². The van der Waals surface area contributed by atoms with Crippen molar-refractivity contribution in [2.24, 2.45) is 0 Å². The lowest BCUT2D eigenvalue weighted by atomic mass is 9.98. The quantitative estimate of drug-likeness (QED) is 0.0915. The van der Waals surface area contributed by atoms with Gasteiger partial charge in [-0.1, -0.05) is 68.1 Å². The summed E-state index contributed by atoms with van der Waals surface area (Å²) in [4.78, 5) is 30.4. The van der Waals surface area contributed by atoms with E-state index in [-0.39, 0.29) is 11.9 Å². The van der Waals surface area contributed by atoms with E-state index in [2.05, 4.69) is 56.2 Å². The van der Waals surface area contributed by atoms with Crippen LogP contribution in [0.3, 0.4) is 0 Å². The fraction of sp³-hybridized carbons (Fsp3) is 0.421. The molecule has 0 spiro atoms. The van der Waals surface area contributed by atoms with Crippen molar-refractivity contribution in [3.05, 3.63) is 94.5 Å². The molecule has 0 fully saturated rings. The molecule has 1 aliphatic carbocycles. The Bertz CT molecular complexity index is 1330. The molecule has 4 rings (SSSR count). The molecule has 0 atom stereocenters. The van der Waals surface area contributed by atoms with Crippen LogP contribution >= 0.6 is 0 Å². The first-order chi connectivity index (χ1) is 21.3. The molecule has 44 heavy (non-hydrogen) atoms. The Labute approximate surface area is 263 Å². The lowest BCUT2D eigenvalue weighted by molar-refractivity contribution is 0.0488. The van der Waals surface area contributed by atoms with Gasteiger partial charge in [0.05, 0.1) is 24.3 Å². The number of hydrogen-bond donors (Lipinski definition) is 0. The van der Waals surface area contributed by atoms with Gasteiger partial charge in [-0.25, -0.2) is 9.59 Å². The highest BCUT2D eigenvalue weighted by atomic mass is 16.5. The minimum absolute atomic E-state index is 0.304. The van der Waals surface area contributed by atoms with Crippen molar-refractivity contribution >= 4 is 23.6 Å². The molecule has 0 unspecified atom stereocenters. The van der Waals surface area contributed by atoms with Gasteiger partial charge in [-0.05, 0) is 131 Å². The molecule has 0 radical (unpaired) electrons. The Hall–Kier alpha value is -3.74. The first-order valence-electron chi connectivity index (χ1n) is 16.0. The van der Waals surface area contributed by atoms with Gasteiger partial charge in [0, 0.05) is 0 Å². The van der Waals surface area contributed by atoms with E-state index in [1.165, 1.54) is 0 Å². The lowest BCUT2D eigenvalue weighted by Crippen LogP contribution is -2.12. The number of unbranched alkanes of at least 4 members (excludes halogenated alkanes) is 6. The second kappa shape index (κ2) is 16.9. The number of fused-ring (bicyclic) bond motifs is 3. The van der Waals surface area contributed by atoms with Crippen molar-refractivity contribution in [2.75, 3.05) is 54.5 Å². The van der Waals surface area contributed by atoms with Gasteiger partial charge < -0.3 is 19.3 Å². The van der Waals surface area contributed by atoms with E-state index in [1.807, 2.05) is 54.6 Å². The van der Waals surface area contributed by atoms with Gasteiger partial charge in [0.1, 0.15) is 0 Å². The van der Waals surface area contributed by atoms with Crippen LogP contribution in [-0.4, -0.2) is 76.2 Å². The highest BCUT2D eigenvalue weighted by Crippen LogP contribution is 2.46. The first kappa shape index (κ1) is 33.2. The third-order valence-electron chi connectivity index (χ3n) is 7.96. The van der Waals surface area contributed by atoms with E-state index >= 15 is 0 Å². The standard InChI is InChI=1S/C38H48N2O4/c1-39(2)22-12-5-7-14-24-43-37(41)30-18-20-32-33-21-19-31(38(42)44-25-15-8-6-13-23-40(3)4)28-36(33)34(35(32)27-30)26-29-16-10-9-11-17-29/h9-11,16-21,26-28H,5-8,12-15,22-25H2,1-4H3. The maximum Gasteiger partial charge on any atom is 0.338 e. The monoisotopic (exact) mass is 596 g/mol. The Morgan fingerprint density at radius 2 is 1.02 bits per heavy atom. The van der Waals surface area contributed by atoms with Crippen LogP contribution in [0.5, 0.6) is 0 Å².